The third kappa shape index (κ3) is 3.15. The lowest BCUT2D eigenvalue weighted by atomic mass is 10.1. The van der Waals surface area contributed by atoms with Crippen LogP contribution in [0.4, 0.5) is 0 Å². The van der Waals surface area contributed by atoms with E-state index < -0.39 is 0 Å². The number of nitrogens with zero attached hydrogens (tertiary/aromatic N) is 6. The third-order valence-electron chi connectivity index (χ3n) is 4.70. The molecule has 1 amide bonds. The standard InChI is InChI=1S/C21H22N6O/c1-14-10-15(2)27-21(24-14)18(13-23-27)20-22-8-9-26(20)17-7-5-6-16(11-17)12-19(28)25(3)4/h5-11,13H,12H2,1-4H3. The highest BCUT2D eigenvalue weighted by Gasteiger charge is 2.16. The fraction of sp³-hybridized carbons (Fsp3) is 0.238. The van der Waals surface area contributed by atoms with Gasteiger partial charge in [0.15, 0.2) is 5.65 Å². The molecule has 0 bridgehead atoms. The van der Waals surface area contributed by atoms with Crippen LogP contribution in [0.25, 0.3) is 22.7 Å². The van der Waals surface area contributed by atoms with E-state index in [1.165, 1.54) is 0 Å². The maximum Gasteiger partial charge on any atom is 0.226 e. The molecule has 4 rings (SSSR count). The van der Waals surface area contributed by atoms with Gasteiger partial charge in [-0.2, -0.15) is 5.10 Å². The van der Waals surface area contributed by atoms with Crippen LogP contribution in [-0.2, 0) is 11.2 Å². The van der Waals surface area contributed by atoms with Crippen molar-refractivity contribution in [2.75, 3.05) is 14.1 Å². The van der Waals surface area contributed by atoms with E-state index in [1.54, 1.807) is 31.4 Å². The first-order valence-electron chi connectivity index (χ1n) is 9.09. The van der Waals surface area contributed by atoms with Crippen LogP contribution in [0.1, 0.15) is 17.0 Å². The number of fused-ring (bicyclic) bond motifs is 1. The van der Waals surface area contributed by atoms with Crippen LogP contribution in [0.3, 0.4) is 0 Å². The van der Waals surface area contributed by atoms with Gasteiger partial charge in [-0.05, 0) is 37.6 Å². The van der Waals surface area contributed by atoms with Gasteiger partial charge in [-0.15, -0.1) is 0 Å². The molecule has 0 atom stereocenters. The van der Waals surface area contributed by atoms with Gasteiger partial charge < -0.3 is 4.90 Å². The number of aryl methyl sites for hydroxylation is 2. The van der Waals surface area contributed by atoms with E-state index in [2.05, 4.69) is 15.1 Å². The molecule has 7 nitrogen and oxygen atoms in total. The largest absolute Gasteiger partial charge is 0.349 e. The number of aromatic nitrogens is 5. The van der Waals surface area contributed by atoms with Crippen molar-refractivity contribution in [2.45, 2.75) is 20.3 Å². The molecule has 0 aliphatic carbocycles. The number of hydrogen-bond acceptors (Lipinski definition) is 4. The highest BCUT2D eigenvalue weighted by molar-refractivity contribution is 5.78. The summed E-state index contributed by atoms with van der Waals surface area (Å²) in [7, 11) is 3.53. The second-order valence-electron chi connectivity index (χ2n) is 7.09. The molecule has 7 heteroatoms. The smallest absolute Gasteiger partial charge is 0.226 e. The zero-order valence-corrected chi connectivity index (χ0v) is 16.4. The van der Waals surface area contributed by atoms with Crippen molar-refractivity contribution < 1.29 is 4.79 Å². The summed E-state index contributed by atoms with van der Waals surface area (Å²) in [4.78, 5) is 22.9. The first kappa shape index (κ1) is 17.9. The Bertz CT molecular complexity index is 1170. The van der Waals surface area contributed by atoms with Gasteiger partial charge in [0.2, 0.25) is 5.91 Å². The molecule has 142 valence electrons. The molecule has 4 aromatic rings. The number of carbonyl (C=O) groups is 1. The molecule has 0 fully saturated rings. The van der Waals surface area contributed by atoms with Crippen molar-refractivity contribution >= 4 is 11.6 Å². The summed E-state index contributed by atoms with van der Waals surface area (Å²) in [5, 5.41) is 4.48. The summed E-state index contributed by atoms with van der Waals surface area (Å²) in [6.45, 7) is 3.98. The quantitative estimate of drug-likeness (QED) is 0.551. The van der Waals surface area contributed by atoms with E-state index in [0.717, 1.165) is 39.7 Å². The summed E-state index contributed by atoms with van der Waals surface area (Å²) in [5.74, 6) is 0.837. The van der Waals surface area contributed by atoms with E-state index in [9.17, 15) is 4.79 Å². The number of amides is 1. The zero-order chi connectivity index (χ0) is 19.8. The van der Waals surface area contributed by atoms with Gasteiger partial charge >= 0.3 is 0 Å². The van der Waals surface area contributed by atoms with Gasteiger partial charge in [0.05, 0.1) is 18.2 Å². The molecule has 28 heavy (non-hydrogen) atoms. The van der Waals surface area contributed by atoms with Crippen molar-refractivity contribution in [1.29, 1.82) is 0 Å². The number of benzene rings is 1. The Morgan fingerprint density at radius 1 is 1.18 bits per heavy atom. The molecular formula is C21H22N6O. The highest BCUT2D eigenvalue weighted by atomic mass is 16.2. The van der Waals surface area contributed by atoms with Crippen LogP contribution >= 0.6 is 0 Å². The second kappa shape index (κ2) is 6.92. The first-order chi connectivity index (χ1) is 13.4. The van der Waals surface area contributed by atoms with Crippen LogP contribution in [-0.4, -0.2) is 49.1 Å². The predicted molar refractivity (Wildman–Crippen MR) is 107 cm³/mol. The Morgan fingerprint density at radius 2 is 2.00 bits per heavy atom. The molecule has 0 aliphatic heterocycles. The lowest BCUT2D eigenvalue weighted by Crippen LogP contribution is -2.23. The van der Waals surface area contributed by atoms with Crippen LogP contribution in [0.5, 0.6) is 0 Å². The Kier molecular flexibility index (Phi) is 4.43. The second-order valence-corrected chi connectivity index (χ2v) is 7.09. The lowest BCUT2D eigenvalue weighted by Gasteiger charge is -2.12. The molecule has 0 unspecified atom stereocenters. The van der Waals surface area contributed by atoms with Crippen molar-refractivity contribution in [3.63, 3.8) is 0 Å². The summed E-state index contributed by atoms with van der Waals surface area (Å²) < 4.78 is 3.83. The highest BCUT2D eigenvalue weighted by Crippen LogP contribution is 2.26. The summed E-state index contributed by atoms with van der Waals surface area (Å²) in [5.41, 5.74) is 5.52. The van der Waals surface area contributed by atoms with Crippen molar-refractivity contribution in [3.8, 4) is 17.1 Å². The van der Waals surface area contributed by atoms with Gasteiger partial charge in [0.1, 0.15) is 5.82 Å². The number of carbonyl (C=O) groups excluding carboxylic acids is 1. The van der Waals surface area contributed by atoms with E-state index in [1.807, 2.05) is 59.5 Å². The minimum atomic E-state index is 0.0702. The van der Waals surface area contributed by atoms with E-state index in [0.29, 0.717) is 6.42 Å². The van der Waals surface area contributed by atoms with Crippen LogP contribution in [0, 0.1) is 13.8 Å². The molecule has 1 aromatic carbocycles. The number of imidazole rings is 1. The van der Waals surface area contributed by atoms with Crippen LogP contribution < -0.4 is 0 Å². The SMILES string of the molecule is Cc1cc(C)n2ncc(-c3nccn3-c3cccc(CC(=O)N(C)C)c3)c2n1. The van der Waals surface area contributed by atoms with Gasteiger partial charge in [-0.25, -0.2) is 14.5 Å². The zero-order valence-electron chi connectivity index (χ0n) is 16.4. The summed E-state index contributed by atoms with van der Waals surface area (Å²) in [6.07, 6.45) is 5.84. The molecule has 3 aromatic heterocycles. The molecule has 0 saturated heterocycles. The van der Waals surface area contributed by atoms with Crippen LogP contribution in [0.15, 0.2) is 48.9 Å². The Labute approximate surface area is 163 Å². The van der Waals surface area contributed by atoms with E-state index in [4.69, 9.17) is 0 Å². The Balaban J connectivity index is 1.78. The normalized spacial score (nSPS) is 11.1. The Hall–Kier alpha value is -3.48. The maximum absolute atomic E-state index is 12.1. The van der Waals surface area contributed by atoms with Gasteiger partial charge in [-0.1, -0.05) is 12.1 Å². The van der Waals surface area contributed by atoms with Gasteiger partial charge in [0, 0.05) is 43.6 Å². The first-order valence-corrected chi connectivity index (χ1v) is 9.09. The van der Waals surface area contributed by atoms with Crippen molar-refractivity contribution in [2.24, 2.45) is 0 Å². The average Bonchev–Trinajstić information content (AvgIpc) is 3.28. The van der Waals surface area contributed by atoms with Crippen LogP contribution in [0.2, 0.25) is 0 Å². The topological polar surface area (TPSA) is 68.3 Å². The summed E-state index contributed by atoms with van der Waals surface area (Å²) in [6, 6.07) is 9.94. The maximum atomic E-state index is 12.1. The van der Waals surface area contributed by atoms with Crippen molar-refractivity contribution in [3.05, 3.63) is 65.9 Å². The minimum absolute atomic E-state index is 0.0702. The average molecular weight is 374 g/mol. The molecular weight excluding hydrogens is 352 g/mol. The fourth-order valence-corrected chi connectivity index (χ4v) is 3.29. The molecule has 0 saturated carbocycles. The number of likely N-dealkylation sites (N-methyl/N-ethyl adjacent to an activating group) is 1. The Morgan fingerprint density at radius 3 is 2.79 bits per heavy atom. The monoisotopic (exact) mass is 374 g/mol. The van der Waals surface area contributed by atoms with Gasteiger partial charge in [-0.3, -0.25) is 9.36 Å². The van der Waals surface area contributed by atoms with Crippen molar-refractivity contribution in [1.82, 2.24) is 29.0 Å². The lowest BCUT2D eigenvalue weighted by molar-refractivity contribution is -0.127. The molecule has 0 spiro atoms. The minimum Gasteiger partial charge on any atom is -0.349 e. The molecule has 0 radical (unpaired) electrons. The van der Waals surface area contributed by atoms with E-state index >= 15 is 0 Å². The van der Waals surface area contributed by atoms with E-state index in [-0.39, 0.29) is 5.91 Å². The van der Waals surface area contributed by atoms with Gasteiger partial charge in [0.25, 0.3) is 0 Å². The predicted octanol–water partition coefficient (Wildman–Crippen LogP) is 2.83. The number of hydrogen-bond donors (Lipinski definition) is 0. The third-order valence-corrected chi connectivity index (χ3v) is 4.70. The molecule has 0 N–H and O–H groups in total. The summed E-state index contributed by atoms with van der Waals surface area (Å²) >= 11 is 0. The number of rotatable bonds is 4. The molecule has 3 heterocycles. The fourth-order valence-electron chi connectivity index (χ4n) is 3.29. The molecule has 0 aliphatic rings.